The molecule has 0 N–H and O–H groups in total. The van der Waals surface area contributed by atoms with Crippen molar-refractivity contribution in [3.05, 3.63) is 108 Å². The Kier molecular flexibility index (Phi) is 7.57. The number of rotatable bonds is 7. The van der Waals surface area contributed by atoms with Crippen molar-refractivity contribution in [1.29, 1.82) is 0 Å². The Morgan fingerprint density at radius 2 is 1.47 bits per heavy atom. The van der Waals surface area contributed by atoms with E-state index in [9.17, 15) is 4.79 Å². The molecule has 198 valence electrons. The first kappa shape index (κ1) is 26.4. The Morgan fingerprint density at radius 3 is 2.00 bits per heavy atom. The van der Waals surface area contributed by atoms with Gasteiger partial charge in [-0.3, -0.25) is 4.90 Å². The summed E-state index contributed by atoms with van der Waals surface area (Å²) in [7, 11) is -2.87. The highest BCUT2D eigenvalue weighted by molar-refractivity contribution is 6.99. The van der Waals surface area contributed by atoms with E-state index in [0.29, 0.717) is 19.8 Å². The minimum Gasteiger partial charge on any atom is -0.447 e. The van der Waals surface area contributed by atoms with Crippen LogP contribution in [0.5, 0.6) is 0 Å². The van der Waals surface area contributed by atoms with E-state index in [1.54, 1.807) is 4.90 Å². The van der Waals surface area contributed by atoms with Gasteiger partial charge in [0, 0.05) is 0 Å². The molecule has 0 aliphatic carbocycles. The summed E-state index contributed by atoms with van der Waals surface area (Å²) in [6.07, 6.45) is 1.14. The Morgan fingerprint density at radius 1 is 0.921 bits per heavy atom. The van der Waals surface area contributed by atoms with Crippen LogP contribution in [0.15, 0.2) is 103 Å². The van der Waals surface area contributed by atoms with Crippen LogP contribution in [-0.2, 0) is 20.5 Å². The summed E-state index contributed by atoms with van der Waals surface area (Å²) in [5, 5.41) is 2.26. The lowest BCUT2D eigenvalue weighted by molar-refractivity contribution is -0.0553. The molecule has 3 aromatic rings. The Labute approximate surface area is 227 Å². The third-order valence-corrected chi connectivity index (χ3v) is 12.8. The van der Waals surface area contributed by atoms with Gasteiger partial charge in [-0.1, -0.05) is 118 Å². The fourth-order valence-electron chi connectivity index (χ4n) is 5.92. The first-order valence-electron chi connectivity index (χ1n) is 13.4. The summed E-state index contributed by atoms with van der Waals surface area (Å²) in [6, 6.07) is 31.3. The maximum Gasteiger partial charge on any atom is 0.410 e. The predicted molar refractivity (Wildman–Crippen MR) is 153 cm³/mol. The number of piperidine rings is 1. The number of allylic oxidation sites excluding steroid dienone is 1. The molecule has 0 bridgehead atoms. The maximum atomic E-state index is 12.7. The normalized spacial score (nSPS) is 22.8. The standard InChI is InChI=1S/C32H37NO4Si/c1-5-27-28-23-36-31(34)33(28)21-29(35-22-24-15-9-6-10-16-24)30(27)37-38(32(2,3)4,25-17-11-7-12-18-25)26-19-13-8-14-20-26/h5-20,28-30H,21-23H2,1-4H3/b27-5+/t28-,29+,30+/m1/s1. The average molecular weight is 528 g/mol. The van der Waals surface area contributed by atoms with Gasteiger partial charge in [0.1, 0.15) is 12.7 Å². The van der Waals surface area contributed by atoms with Crippen molar-refractivity contribution in [3.8, 4) is 0 Å². The van der Waals surface area contributed by atoms with Crippen molar-refractivity contribution in [2.75, 3.05) is 13.2 Å². The smallest absolute Gasteiger partial charge is 0.410 e. The minimum atomic E-state index is -2.87. The summed E-state index contributed by atoms with van der Waals surface area (Å²) in [5.41, 5.74) is 2.14. The van der Waals surface area contributed by atoms with Gasteiger partial charge in [-0.25, -0.2) is 4.79 Å². The number of carbonyl (C=O) groups is 1. The largest absolute Gasteiger partial charge is 0.447 e. The number of cyclic esters (lactones) is 1. The van der Waals surface area contributed by atoms with E-state index in [4.69, 9.17) is 13.9 Å². The third kappa shape index (κ3) is 4.84. The molecule has 0 saturated carbocycles. The number of ether oxygens (including phenoxy) is 2. The number of hydrogen-bond acceptors (Lipinski definition) is 4. The number of fused-ring (bicyclic) bond motifs is 1. The van der Waals surface area contributed by atoms with Crippen molar-refractivity contribution >= 4 is 24.8 Å². The van der Waals surface area contributed by atoms with Gasteiger partial charge in [-0.05, 0) is 33.5 Å². The Hall–Kier alpha value is -3.19. The van der Waals surface area contributed by atoms with Crippen LogP contribution in [0.4, 0.5) is 4.79 Å². The highest BCUT2D eigenvalue weighted by Gasteiger charge is 2.55. The second kappa shape index (κ2) is 10.9. The number of nitrogens with zero attached hydrogens (tertiary/aromatic N) is 1. The second-order valence-electron chi connectivity index (χ2n) is 11.1. The predicted octanol–water partition coefficient (Wildman–Crippen LogP) is 5.30. The van der Waals surface area contributed by atoms with E-state index in [0.717, 1.165) is 11.1 Å². The SMILES string of the molecule is C/C=C1\[C@H]2COC(=O)N2C[C@H](OCc2ccccc2)[C@H]1O[Si](c1ccccc1)(c1ccccc1)C(C)(C)C. The Balaban J connectivity index is 1.62. The molecule has 2 aliphatic heterocycles. The molecule has 0 aromatic heterocycles. The van der Waals surface area contributed by atoms with Crippen molar-refractivity contribution < 1.29 is 18.7 Å². The van der Waals surface area contributed by atoms with Crippen LogP contribution < -0.4 is 10.4 Å². The van der Waals surface area contributed by atoms with E-state index in [2.05, 4.69) is 99.6 Å². The molecule has 2 saturated heterocycles. The molecule has 5 nitrogen and oxygen atoms in total. The highest BCUT2D eigenvalue weighted by Crippen LogP contribution is 2.41. The molecule has 3 atom stereocenters. The van der Waals surface area contributed by atoms with E-state index in [-0.39, 0.29) is 29.4 Å². The fraction of sp³-hybridized carbons (Fsp3) is 0.344. The summed E-state index contributed by atoms with van der Waals surface area (Å²) in [4.78, 5) is 14.5. The lowest BCUT2D eigenvalue weighted by Gasteiger charge is -2.49. The van der Waals surface area contributed by atoms with Crippen LogP contribution >= 0.6 is 0 Å². The molecule has 5 rings (SSSR count). The maximum absolute atomic E-state index is 12.7. The first-order chi connectivity index (χ1) is 18.3. The topological polar surface area (TPSA) is 48.0 Å². The molecular weight excluding hydrogens is 490 g/mol. The minimum absolute atomic E-state index is 0.146. The van der Waals surface area contributed by atoms with Gasteiger partial charge in [-0.2, -0.15) is 0 Å². The van der Waals surface area contributed by atoms with E-state index in [1.807, 2.05) is 25.1 Å². The van der Waals surface area contributed by atoms with Crippen LogP contribution in [0.1, 0.15) is 33.3 Å². The monoisotopic (exact) mass is 527 g/mol. The molecule has 1 amide bonds. The van der Waals surface area contributed by atoms with Gasteiger partial charge in [0.15, 0.2) is 0 Å². The zero-order valence-electron chi connectivity index (χ0n) is 22.7. The van der Waals surface area contributed by atoms with E-state index >= 15 is 0 Å². The molecule has 2 fully saturated rings. The molecule has 2 aliphatic rings. The fourth-order valence-corrected chi connectivity index (χ4v) is 10.6. The zero-order chi connectivity index (χ0) is 26.8. The van der Waals surface area contributed by atoms with Crippen LogP contribution in [0.3, 0.4) is 0 Å². The van der Waals surface area contributed by atoms with Gasteiger partial charge >= 0.3 is 6.09 Å². The summed E-state index contributed by atoms with van der Waals surface area (Å²) in [6.45, 7) is 10.1. The number of amides is 1. The number of benzene rings is 3. The van der Waals surface area contributed by atoms with Crippen molar-refractivity contribution in [1.82, 2.24) is 4.90 Å². The van der Waals surface area contributed by atoms with Crippen molar-refractivity contribution in [2.45, 2.75) is 57.6 Å². The summed E-state index contributed by atoms with van der Waals surface area (Å²) >= 11 is 0. The van der Waals surface area contributed by atoms with Crippen molar-refractivity contribution in [3.63, 3.8) is 0 Å². The molecule has 2 heterocycles. The lowest BCUT2D eigenvalue weighted by atomic mass is 9.92. The molecule has 6 heteroatoms. The van der Waals surface area contributed by atoms with Crippen LogP contribution in [0.2, 0.25) is 5.04 Å². The third-order valence-electron chi connectivity index (χ3n) is 7.76. The molecule has 38 heavy (non-hydrogen) atoms. The molecule has 0 radical (unpaired) electrons. The first-order valence-corrected chi connectivity index (χ1v) is 15.3. The quantitative estimate of drug-likeness (QED) is 0.309. The molecular formula is C32H37NO4Si. The summed E-state index contributed by atoms with van der Waals surface area (Å²) < 4.78 is 19.7. The van der Waals surface area contributed by atoms with E-state index in [1.165, 1.54) is 10.4 Å². The lowest BCUT2D eigenvalue weighted by Crippen LogP contribution is -2.70. The van der Waals surface area contributed by atoms with Crippen LogP contribution in [0.25, 0.3) is 0 Å². The van der Waals surface area contributed by atoms with Gasteiger partial charge < -0.3 is 13.9 Å². The molecule has 0 unspecified atom stereocenters. The van der Waals surface area contributed by atoms with Crippen molar-refractivity contribution in [2.24, 2.45) is 0 Å². The van der Waals surface area contributed by atoms with Crippen LogP contribution in [0, 0.1) is 0 Å². The average Bonchev–Trinajstić information content (AvgIpc) is 3.31. The van der Waals surface area contributed by atoms with Gasteiger partial charge in [-0.15, -0.1) is 0 Å². The summed E-state index contributed by atoms with van der Waals surface area (Å²) in [5.74, 6) is 0. The second-order valence-corrected chi connectivity index (χ2v) is 15.3. The van der Waals surface area contributed by atoms with Gasteiger partial charge in [0.2, 0.25) is 0 Å². The number of hydrogen-bond donors (Lipinski definition) is 0. The Bertz CT molecular complexity index is 1220. The number of carbonyl (C=O) groups excluding carboxylic acids is 1. The van der Waals surface area contributed by atoms with Crippen LogP contribution in [-0.4, -0.2) is 50.7 Å². The van der Waals surface area contributed by atoms with Gasteiger partial charge in [0.05, 0.1) is 25.3 Å². The van der Waals surface area contributed by atoms with Gasteiger partial charge in [0.25, 0.3) is 8.32 Å². The zero-order valence-corrected chi connectivity index (χ0v) is 23.7. The highest BCUT2D eigenvalue weighted by atomic mass is 28.4. The molecule has 0 spiro atoms. The molecule has 3 aromatic carbocycles. The van der Waals surface area contributed by atoms with E-state index < -0.39 is 8.32 Å².